The van der Waals surface area contributed by atoms with Crippen LogP contribution in [0.3, 0.4) is 0 Å². The van der Waals surface area contributed by atoms with Gasteiger partial charge in [-0.15, -0.1) is 0 Å². The molecule has 5 nitrogen and oxygen atoms in total. The summed E-state index contributed by atoms with van der Waals surface area (Å²) in [5.41, 5.74) is 0. The van der Waals surface area contributed by atoms with Gasteiger partial charge in [0, 0.05) is 0 Å². The smallest absolute Gasteiger partial charge is 0.317 e. The summed E-state index contributed by atoms with van der Waals surface area (Å²) < 4.78 is 218. The van der Waals surface area contributed by atoms with Gasteiger partial charge in [0.05, 0.1) is 0 Å². The molecule has 0 fully saturated rings. The molecule has 0 aliphatic heterocycles. The Bertz CT molecular complexity index is 667. The largest absolute Gasteiger partial charge is 0.472 e. The Hall–Kier alpha value is -1.05. The molecule has 0 radical (unpaired) electrons. The summed E-state index contributed by atoms with van der Waals surface area (Å²) in [6.07, 6.45) is -10.8. The van der Waals surface area contributed by atoms with E-state index in [0.29, 0.717) is 0 Å². The second kappa shape index (κ2) is 12.7. The summed E-state index contributed by atoms with van der Waals surface area (Å²) >= 11 is 0. The van der Waals surface area contributed by atoms with Crippen molar-refractivity contribution in [2.24, 2.45) is 0 Å². The second-order valence-electron chi connectivity index (χ2n) is 6.38. The summed E-state index contributed by atoms with van der Waals surface area (Å²) in [6.45, 7) is -0.490. The highest BCUT2D eigenvalue weighted by atomic mass is 31.2. The minimum atomic E-state index is -7.00. The van der Waals surface area contributed by atoms with Crippen molar-refractivity contribution in [2.75, 3.05) is 26.3 Å². The summed E-state index contributed by atoms with van der Waals surface area (Å²) in [6, 6.07) is 0. The molecule has 36 heavy (non-hydrogen) atoms. The molecule has 0 atom stereocenters. The van der Waals surface area contributed by atoms with Gasteiger partial charge in [0.1, 0.15) is 13.2 Å². The topological polar surface area (TPSA) is 67.8 Å². The van der Waals surface area contributed by atoms with Crippen LogP contribution in [0, 0.1) is 0 Å². The Labute approximate surface area is 191 Å². The zero-order valence-corrected chi connectivity index (χ0v) is 18.5. The van der Waals surface area contributed by atoms with E-state index in [1.807, 2.05) is 0 Å². The fraction of sp³-hybridized carbons (Fsp3) is 1.00. The normalized spacial score (nSPS) is 14.8. The lowest BCUT2D eigenvalue weighted by Crippen LogP contribution is -2.59. The minimum absolute atomic E-state index is 1.09. The predicted molar refractivity (Wildman–Crippen MR) is 87.6 cm³/mol. The molecule has 22 heteroatoms. The number of phosphoric acid groups is 1. The molecule has 0 aliphatic rings. The second-order valence-corrected chi connectivity index (χ2v) is 7.83. The maximum Gasteiger partial charge on any atom is 0.472 e. The molecule has 0 amide bonds. The molecule has 0 unspecified atom stereocenters. The Kier molecular flexibility index (Phi) is 13.1. The van der Waals surface area contributed by atoms with Crippen LogP contribution in [0.25, 0.3) is 0 Å². The molecule has 0 bridgehead atoms. The van der Waals surface area contributed by atoms with Gasteiger partial charge in [-0.2, -0.15) is 52.7 Å². The Morgan fingerprint density at radius 1 is 0.667 bits per heavy atom. The van der Waals surface area contributed by atoms with Crippen LogP contribution in [0.2, 0.25) is 0 Å². The Morgan fingerprint density at radius 2 is 0.917 bits per heavy atom. The average Bonchev–Trinajstić information content (AvgIpc) is 2.71. The highest BCUT2D eigenvalue weighted by Gasteiger charge is 2.77. The van der Waals surface area contributed by atoms with E-state index < -0.39 is 69.4 Å². The molecule has 0 aromatic rings. The SMILES string of the molecule is CCNCC.O=P(O)(OCC(F)(F)C(F)(F)C(F)(F)C(F)F)OCC(F)(F)C(F)(F)C(F)(F)C(F)F. The zero-order chi connectivity index (χ0) is 29.6. The van der Waals surface area contributed by atoms with Crippen LogP contribution in [-0.2, 0) is 13.6 Å². The van der Waals surface area contributed by atoms with Gasteiger partial charge in [0.25, 0.3) is 0 Å². The van der Waals surface area contributed by atoms with Crippen molar-refractivity contribution in [3.63, 3.8) is 0 Å². The molecular weight excluding hydrogens is 581 g/mol. The number of halogens is 16. The number of hydrogen-bond acceptors (Lipinski definition) is 4. The first-order valence-electron chi connectivity index (χ1n) is 8.87. The fourth-order valence-corrected chi connectivity index (χ4v) is 2.28. The first-order valence-corrected chi connectivity index (χ1v) is 10.4. The summed E-state index contributed by atoms with van der Waals surface area (Å²) in [5.74, 6) is -40.4. The van der Waals surface area contributed by atoms with Crippen LogP contribution in [0.15, 0.2) is 0 Å². The van der Waals surface area contributed by atoms with Crippen LogP contribution in [0.4, 0.5) is 70.2 Å². The maximum atomic E-state index is 13.1. The predicted octanol–water partition coefficient (Wildman–Crippen LogP) is 6.08. The lowest BCUT2D eigenvalue weighted by atomic mass is 10.1. The van der Waals surface area contributed by atoms with E-state index in [1.165, 1.54) is 0 Å². The molecule has 0 saturated carbocycles. The van der Waals surface area contributed by atoms with Crippen molar-refractivity contribution >= 4 is 7.82 Å². The summed E-state index contributed by atoms with van der Waals surface area (Å²) in [7, 11) is -6.67. The molecule has 0 rings (SSSR count). The fourth-order valence-electron chi connectivity index (χ4n) is 1.56. The van der Waals surface area contributed by atoms with Crippen molar-refractivity contribution in [2.45, 2.75) is 62.2 Å². The quantitative estimate of drug-likeness (QED) is 0.187. The molecular formula is C14H18F16NO4P. The van der Waals surface area contributed by atoms with Gasteiger partial charge in [-0.3, -0.25) is 9.05 Å². The van der Waals surface area contributed by atoms with E-state index in [9.17, 15) is 74.8 Å². The molecule has 0 aromatic carbocycles. The van der Waals surface area contributed by atoms with Crippen molar-refractivity contribution in [1.29, 1.82) is 0 Å². The third kappa shape index (κ3) is 8.49. The van der Waals surface area contributed by atoms with Gasteiger partial charge < -0.3 is 10.2 Å². The van der Waals surface area contributed by atoms with Gasteiger partial charge in [-0.05, 0) is 13.1 Å². The first kappa shape index (κ1) is 37.1. The van der Waals surface area contributed by atoms with E-state index in [4.69, 9.17) is 4.89 Å². The first-order chi connectivity index (χ1) is 15.7. The molecule has 0 aromatic heterocycles. The third-order valence-electron chi connectivity index (χ3n) is 3.62. The van der Waals surface area contributed by atoms with E-state index in [0.717, 1.165) is 13.1 Å². The molecule has 220 valence electrons. The van der Waals surface area contributed by atoms with Gasteiger partial charge in [-0.25, -0.2) is 22.1 Å². The van der Waals surface area contributed by atoms with E-state index >= 15 is 0 Å². The molecule has 0 saturated heterocycles. The van der Waals surface area contributed by atoms with E-state index in [2.05, 4.69) is 28.2 Å². The van der Waals surface area contributed by atoms with Crippen LogP contribution in [0.1, 0.15) is 13.8 Å². The van der Waals surface area contributed by atoms with Gasteiger partial charge >= 0.3 is 56.2 Å². The Morgan fingerprint density at radius 3 is 1.08 bits per heavy atom. The lowest BCUT2D eigenvalue weighted by molar-refractivity contribution is -0.345. The highest BCUT2D eigenvalue weighted by molar-refractivity contribution is 7.47. The van der Waals surface area contributed by atoms with Crippen molar-refractivity contribution < 1.29 is 88.8 Å². The number of rotatable bonds is 14. The third-order valence-corrected chi connectivity index (χ3v) is 4.53. The standard InChI is InChI=1S/C10H7F16O4P.C4H11N/c11-3(12)7(19,20)9(23,24)5(15,16)1-29-31(27,28)30-2-6(17,18)10(25,26)8(21,22)4(13)14;1-3-5-4-2/h3-4H,1-2H2,(H,27,28);5H,3-4H2,1-2H3. The van der Waals surface area contributed by atoms with Crippen molar-refractivity contribution in [3.8, 4) is 0 Å². The van der Waals surface area contributed by atoms with Gasteiger partial charge in [0.2, 0.25) is 0 Å². The van der Waals surface area contributed by atoms with Crippen LogP contribution < -0.4 is 5.32 Å². The van der Waals surface area contributed by atoms with E-state index in [-0.39, 0.29) is 0 Å². The highest BCUT2D eigenvalue weighted by Crippen LogP contribution is 2.54. The van der Waals surface area contributed by atoms with E-state index in [1.54, 1.807) is 0 Å². The maximum absolute atomic E-state index is 13.1. The molecule has 2 N–H and O–H groups in total. The van der Waals surface area contributed by atoms with Crippen molar-refractivity contribution in [1.82, 2.24) is 5.32 Å². The molecule has 0 spiro atoms. The lowest BCUT2D eigenvalue weighted by Gasteiger charge is -2.33. The monoisotopic (exact) mass is 599 g/mol. The number of hydrogen-bond donors (Lipinski definition) is 2. The van der Waals surface area contributed by atoms with Crippen molar-refractivity contribution in [3.05, 3.63) is 0 Å². The summed E-state index contributed by atoms with van der Waals surface area (Å²) in [5, 5.41) is 3.11. The minimum Gasteiger partial charge on any atom is -0.317 e. The summed E-state index contributed by atoms with van der Waals surface area (Å²) in [4.78, 5) is 8.68. The number of nitrogens with one attached hydrogen (secondary N) is 1. The number of alkyl halides is 16. The zero-order valence-electron chi connectivity index (χ0n) is 17.6. The molecule has 0 aliphatic carbocycles. The molecule has 0 heterocycles. The van der Waals surface area contributed by atoms with Gasteiger partial charge in [-0.1, -0.05) is 13.8 Å². The Balaban J connectivity index is 0. The van der Waals surface area contributed by atoms with Crippen LogP contribution in [-0.4, -0.2) is 79.6 Å². The average molecular weight is 599 g/mol. The van der Waals surface area contributed by atoms with Crippen LogP contribution >= 0.6 is 7.82 Å². The van der Waals surface area contributed by atoms with Gasteiger partial charge in [0.15, 0.2) is 0 Å². The number of phosphoric ester groups is 1. The van der Waals surface area contributed by atoms with Crippen LogP contribution in [0.5, 0.6) is 0 Å².